The first-order valence-electron chi connectivity index (χ1n) is 13.2. The minimum absolute atomic E-state index is 0. The van der Waals surface area contributed by atoms with Gasteiger partial charge >= 0.3 is 0 Å². The molecule has 1 N–H and O–H groups in total. The quantitative estimate of drug-likeness (QED) is 0.456. The van der Waals surface area contributed by atoms with E-state index in [1.807, 2.05) is 17.0 Å². The standard InChI is InChI=1S/C26H37F2N5O3.ClH/c1-34-22-17-20-21(18-23(22)36-14-4-11-32-9-2-3-10-32)30-25(33-12-7-26(27,28)8-13-33)31-24(20)29-19-5-15-35-16-6-19;/h17-19H,2-16H2,1H3,(H,29,30,31);1H. The molecular formula is C26H38ClF2N5O3. The number of alkyl halides is 2. The van der Waals surface area contributed by atoms with Crippen LogP contribution in [0.15, 0.2) is 12.1 Å². The molecule has 0 bridgehead atoms. The summed E-state index contributed by atoms with van der Waals surface area (Å²) in [5.74, 6) is -0.193. The lowest BCUT2D eigenvalue weighted by Crippen LogP contribution is -2.40. The van der Waals surface area contributed by atoms with Crippen molar-refractivity contribution < 1.29 is 23.0 Å². The monoisotopic (exact) mass is 541 g/mol. The first-order chi connectivity index (χ1) is 17.5. The van der Waals surface area contributed by atoms with Crippen LogP contribution in [0, 0.1) is 0 Å². The number of aromatic nitrogens is 2. The summed E-state index contributed by atoms with van der Waals surface area (Å²) in [5, 5.41) is 4.39. The summed E-state index contributed by atoms with van der Waals surface area (Å²) >= 11 is 0. The molecule has 3 aliphatic heterocycles. The van der Waals surface area contributed by atoms with Gasteiger partial charge in [0.05, 0.1) is 19.2 Å². The fourth-order valence-corrected chi connectivity index (χ4v) is 5.19. The number of halogens is 3. The molecule has 0 radical (unpaired) electrons. The van der Waals surface area contributed by atoms with Crippen LogP contribution >= 0.6 is 12.4 Å². The highest BCUT2D eigenvalue weighted by atomic mass is 35.5. The number of piperidine rings is 1. The summed E-state index contributed by atoms with van der Waals surface area (Å²) in [6.07, 6.45) is 4.88. The predicted molar refractivity (Wildman–Crippen MR) is 143 cm³/mol. The Morgan fingerprint density at radius 1 is 1.05 bits per heavy atom. The largest absolute Gasteiger partial charge is 0.493 e. The molecule has 37 heavy (non-hydrogen) atoms. The number of nitrogens with zero attached hydrogens (tertiary/aromatic N) is 4. The molecule has 8 nitrogen and oxygen atoms in total. The number of nitrogens with one attached hydrogen (secondary N) is 1. The van der Waals surface area contributed by atoms with E-state index >= 15 is 0 Å². The summed E-state index contributed by atoms with van der Waals surface area (Å²) < 4.78 is 44.9. The van der Waals surface area contributed by atoms with Crippen molar-refractivity contribution in [2.75, 3.05) is 69.9 Å². The van der Waals surface area contributed by atoms with Crippen molar-refractivity contribution in [3.63, 3.8) is 0 Å². The zero-order valence-electron chi connectivity index (χ0n) is 21.5. The second kappa shape index (κ2) is 12.6. The average molecular weight is 542 g/mol. The fourth-order valence-electron chi connectivity index (χ4n) is 5.19. The third-order valence-corrected chi connectivity index (χ3v) is 7.38. The SMILES string of the molecule is COc1cc2c(NC3CCOCC3)nc(N3CCC(F)(F)CC3)nc2cc1OCCCN1CCCC1.Cl. The van der Waals surface area contributed by atoms with Crippen LogP contribution in [0.3, 0.4) is 0 Å². The van der Waals surface area contributed by atoms with Gasteiger partial charge in [0.25, 0.3) is 5.92 Å². The highest BCUT2D eigenvalue weighted by Gasteiger charge is 2.35. The van der Waals surface area contributed by atoms with E-state index in [4.69, 9.17) is 24.2 Å². The van der Waals surface area contributed by atoms with Gasteiger partial charge in [-0.05, 0) is 51.3 Å². The number of methoxy groups -OCH3 is 1. The molecule has 0 atom stereocenters. The summed E-state index contributed by atoms with van der Waals surface area (Å²) in [6, 6.07) is 4.03. The van der Waals surface area contributed by atoms with E-state index in [0.29, 0.717) is 48.6 Å². The van der Waals surface area contributed by atoms with E-state index in [0.717, 1.165) is 31.2 Å². The average Bonchev–Trinajstić information content (AvgIpc) is 3.40. The molecule has 0 saturated carbocycles. The highest BCUT2D eigenvalue weighted by molar-refractivity contribution is 5.93. The van der Waals surface area contributed by atoms with Gasteiger partial charge in [0.2, 0.25) is 5.95 Å². The number of benzene rings is 1. The van der Waals surface area contributed by atoms with E-state index in [1.165, 1.54) is 25.9 Å². The Labute approximate surface area is 223 Å². The van der Waals surface area contributed by atoms with Crippen molar-refractivity contribution in [3.8, 4) is 11.5 Å². The van der Waals surface area contributed by atoms with Crippen LogP contribution in [0.5, 0.6) is 11.5 Å². The Balaban J connectivity index is 0.00000320. The molecular weight excluding hydrogens is 504 g/mol. The van der Waals surface area contributed by atoms with Gasteiger partial charge in [0.1, 0.15) is 5.82 Å². The van der Waals surface area contributed by atoms with Crippen LogP contribution in [0.4, 0.5) is 20.5 Å². The molecule has 1 aromatic carbocycles. The Bertz CT molecular complexity index is 1020. The molecule has 0 aliphatic carbocycles. The Hall–Kier alpha value is -2.17. The summed E-state index contributed by atoms with van der Waals surface area (Å²) in [6.45, 7) is 5.82. The molecule has 0 spiro atoms. The van der Waals surface area contributed by atoms with Gasteiger partial charge in [-0.25, -0.2) is 13.8 Å². The maximum atomic E-state index is 13.8. The second-order valence-electron chi connectivity index (χ2n) is 10.0. The molecule has 11 heteroatoms. The zero-order chi connectivity index (χ0) is 25.0. The maximum absolute atomic E-state index is 13.8. The van der Waals surface area contributed by atoms with Crippen molar-refractivity contribution in [2.45, 2.75) is 56.9 Å². The predicted octanol–water partition coefficient (Wildman–Crippen LogP) is 4.75. The lowest BCUT2D eigenvalue weighted by Gasteiger charge is -2.32. The lowest BCUT2D eigenvalue weighted by molar-refractivity contribution is -0.0222. The van der Waals surface area contributed by atoms with E-state index in [9.17, 15) is 8.78 Å². The molecule has 206 valence electrons. The van der Waals surface area contributed by atoms with Gasteiger partial charge in [0.15, 0.2) is 11.5 Å². The van der Waals surface area contributed by atoms with Crippen molar-refractivity contribution in [3.05, 3.63) is 12.1 Å². The third-order valence-electron chi connectivity index (χ3n) is 7.38. The van der Waals surface area contributed by atoms with E-state index in [2.05, 4.69) is 10.2 Å². The smallest absolute Gasteiger partial charge is 0.251 e. The lowest BCUT2D eigenvalue weighted by atomic mass is 10.1. The van der Waals surface area contributed by atoms with Crippen LogP contribution in [-0.4, -0.2) is 86.5 Å². The van der Waals surface area contributed by atoms with E-state index in [-0.39, 0.29) is 44.4 Å². The van der Waals surface area contributed by atoms with Crippen LogP contribution in [0.25, 0.3) is 10.9 Å². The van der Waals surface area contributed by atoms with Crippen LogP contribution in [0.1, 0.15) is 44.9 Å². The fraction of sp³-hybridized carbons (Fsp3) is 0.692. The number of likely N-dealkylation sites (tertiary alicyclic amines) is 1. The number of hydrogen-bond donors (Lipinski definition) is 1. The van der Waals surface area contributed by atoms with Gasteiger partial charge < -0.3 is 29.3 Å². The first kappa shape index (κ1) is 27.9. The molecule has 0 amide bonds. The second-order valence-corrected chi connectivity index (χ2v) is 10.0. The molecule has 3 saturated heterocycles. The number of ether oxygens (including phenoxy) is 3. The maximum Gasteiger partial charge on any atom is 0.251 e. The van der Waals surface area contributed by atoms with Crippen molar-refractivity contribution in [1.82, 2.24) is 14.9 Å². The Morgan fingerprint density at radius 3 is 2.49 bits per heavy atom. The third kappa shape index (κ3) is 7.03. The number of anilines is 2. The van der Waals surface area contributed by atoms with Gasteiger partial charge in [-0.3, -0.25) is 0 Å². The van der Waals surface area contributed by atoms with Gasteiger partial charge in [-0.1, -0.05) is 0 Å². The van der Waals surface area contributed by atoms with E-state index < -0.39 is 5.92 Å². The van der Waals surface area contributed by atoms with Crippen LogP contribution in [-0.2, 0) is 4.74 Å². The zero-order valence-corrected chi connectivity index (χ0v) is 22.3. The Morgan fingerprint density at radius 2 is 1.78 bits per heavy atom. The molecule has 4 heterocycles. The Kier molecular flexibility index (Phi) is 9.47. The normalized spacial score (nSPS) is 20.6. The minimum atomic E-state index is -2.63. The number of rotatable bonds is 9. The van der Waals surface area contributed by atoms with Crippen molar-refractivity contribution >= 4 is 35.1 Å². The summed E-state index contributed by atoms with van der Waals surface area (Å²) in [7, 11) is 1.63. The van der Waals surface area contributed by atoms with Gasteiger partial charge in [-0.2, -0.15) is 4.98 Å². The molecule has 3 aliphatic rings. The van der Waals surface area contributed by atoms with Crippen molar-refractivity contribution in [1.29, 1.82) is 0 Å². The van der Waals surface area contributed by atoms with Gasteiger partial charge in [-0.15, -0.1) is 12.4 Å². The molecule has 2 aromatic rings. The minimum Gasteiger partial charge on any atom is -0.493 e. The van der Waals surface area contributed by atoms with Gasteiger partial charge in [0, 0.05) is 63.2 Å². The molecule has 3 fully saturated rings. The number of fused-ring (bicyclic) bond motifs is 1. The number of hydrogen-bond acceptors (Lipinski definition) is 8. The molecule has 0 unspecified atom stereocenters. The molecule has 1 aromatic heterocycles. The summed E-state index contributed by atoms with van der Waals surface area (Å²) in [5.41, 5.74) is 0.710. The van der Waals surface area contributed by atoms with Crippen LogP contribution in [0.2, 0.25) is 0 Å². The van der Waals surface area contributed by atoms with Crippen LogP contribution < -0.4 is 19.7 Å². The summed E-state index contributed by atoms with van der Waals surface area (Å²) in [4.78, 5) is 13.9. The topological polar surface area (TPSA) is 72.0 Å². The van der Waals surface area contributed by atoms with E-state index in [1.54, 1.807) is 7.11 Å². The van der Waals surface area contributed by atoms with Crippen molar-refractivity contribution in [2.24, 2.45) is 0 Å². The first-order valence-corrected chi connectivity index (χ1v) is 13.2. The highest BCUT2D eigenvalue weighted by Crippen LogP contribution is 2.37. The molecule has 5 rings (SSSR count).